The Balaban J connectivity index is 0. The van der Waals surface area contributed by atoms with Gasteiger partial charge < -0.3 is 5.11 Å². The molecule has 0 bridgehead atoms. The lowest BCUT2D eigenvalue weighted by Crippen LogP contribution is -2.21. The van der Waals surface area contributed by atoms with Crippen molar-refractivity contribution in [2.45, 2.75) is 123 Å². The van der Waals surface area contributed by atoms with Gasteiger partial charge in [-0.1, -0.05) is 104 Å². The Morgan fingerprint density at radius 1 is 0.680 bits per heavy atom. The van der Waals surface area contributed by atoms with Crippen LogP contribution < -0.4 is 11.3 Å². The van der Waals surface area contributed by atoms with Crippen molar-refractivity contribution in [2.75, 3.05) is 6.54 Å². The molecule has 152 valence electrons. The van der Waals surface area contributed by atoms with E-state index in [0.717, 1.165) is 25.8 Å². The number of nitrogens with two attached hydrogens (primary N) is 1. The van der Waals surface area contributed by atoms with E-state index in [9.17, 15) is 4.79 Å². The van der Waals surface area contributed by atoms with E-state index in [0.29, 0.717) is 6.42 Å². The third-order valence-electron chi connectivity index (χ3n) is 4.39. The van der Waals surface area contributed by atoms with Crippen LogP contribution in [-0.2, 0) is 4.79 Å². The van der Waals surface area contributed by atoms with Gasteiger partial charge in [-0.15, -0.1) is 0 Å². The number of hydrogen-bond donors (Lipinski definition) is 3. The Hall–Kier alpha value is -0.610. The Morgan fingerprint density at radius 2 is 1.04 bits per heavy atom. The van der Waals surface area contributed by atoms with E-state index in [1.54, 1.807) is 0 Å². The maximum Gasteiger partial charge on any atom is 0.303 e. The van der Waals surface area contributed by atoms with Crippen LogP contribution in [-0.4, -0.2) is 17.6 Å². The van der Waals surface area contributed by atoms with Crippen LogP contribution in [0, 0.1) is 0 Å². The largest absolute Gasteiger partial charge is 0.481 e. The number of hydrazine groups is 1. The minimum Gasteiger partial charge on any atom is -0.481 e. The second kappa shape index (κ2) is 25.6. The monoisotopic (exact) mass is 358 g/mol. The molecule has 0 heterocycles. The van der Waals surface area contributed by atoms with Gasteiger partial charge in [-0.05, 0) is 12.8 Å². The molecule has 25 heavy (non-hydrogen) atoms. The molecule has 0 saturated carbocycles. The average molecular weight is 359 g/mol. The summed E-state index contributed by atoms with van der Waals surface area (Å²) < 4.78 is 0. The molecule has 0 atom stereocenters. The summed E-state index contributed by atoms with van der Waals surface area (Å²) in [7, 11) is 0. The van der Waals surface area contributed by atoms with Gasteiger partial charge in [0.25, 0.3) is 0 Å². The summed E-state index contributed by atoms with van der Waals surface area (Å²) in [5.74, 6) is 4.24. The molecular weight excluding hydrogens is 312 g/mol. The molecule has 0 aromatic carbocycles. The van der Waals surface area contributed by atoms with E-state index in [-0.39, 0.29) is 0 Å². The number of carboxylic acid groups (broad SMARTS) is 1. The van der Waals surface area contributed by atoms with Crippen LogP contribution in [0.2, 0.25) is 0 Å². The van der Waals surface area contributed by atoms with Crippen LogP contribution in [0.4, 0.5) is 0 Å². The summed E-state index contributed by atoms with van der Waals surface area (Å²) in [6.07, 6.45) is 21.3. The molecule has 0 aliphatic heterocycles. The fourth-order valence-corrected chi connectivity index (χ4v) is 2.79. The predicted molar refractivity (Wildman–Crippen MR) is 110 cm³/mol. The van der Waals surface area contributed by atoms with E-state index in [1.165, 1.54) is 83.5 Å². The first kappa shape index (κ1) is 26.6. The maximum atomic E-state index is 10.3. The van der Waals surface area contributed by atoms with Gasteiger partial charge in [-0.2, -0.15) is 0 Å². The summed E-state index contributed by atoms with van der Waals surface area (Å²) in [4.78, 5) is 10.3. The Kier molecular flexibility index (Phi) is 27.3. The quantitative estimate of drug-likeness (QED) is 0.155. The topological polar surface area (TPSA) is 75.3 Å². The zero-order valence-corrected chi connectivity index (χ0v) is 17.2. The summed E-state index contributed by atoms with van der Waals surface area (Å²) in [5, 5.41) is 8.52. The minimum absolute atomic E-state index is 0.345. The molecule has 0 aromatic heterocycles. The molecule has 4 N–H and O–H groups in total. The lowest BCUT2D eigenvalue weighted by Gasteiger charge is -2.03. The van der Waals surface area contributed by atoms with Crippen LogP contribution in [0.1, 0.15) is 123 Å². The first-order valence-corrected chi connectivity index (χ1v) is 10.8. The number of carbonyl (C=O) groups is 1. The summed E-state index contributed by atoms with van der Waals surface area (Å²) in [6, 6.07) is 0. The zero-order chi connectivity index (χ0) is 19.0. The van der Waals surface area contributed by atoms with Gasteiger partial charge in [-0.3, -0.25) is 16.1 Å². The predicted octanol–water partition coefficient (Wildman–Crippen LogP) is 6.19. The van der Waals surface area contributed by atoms with Crippen molar-refractivity contribution in [1.82, 2.24) is 5.43 Å². The van der Waals surface area contributed by atoms with Crippen molar-refractivity contribution in [2.24, 2.45) is 5.84 Å². The van der Waals surface area contributed by atoms with E-state index >= 15 is 0 Å². The highest BCUT2D eigenvalue weighted by Gasteiger charge is 1.97. The van der Waals surface area contributed by atoms with Gasteiger partial charge in [-0.25, -0.2) is 0 Å². The smallest absolute Gasteiger partial charge is 0.303 e. The van der Waals surface area contributed by atoms with Crippen molar-refractivity contribution in [3.05, 3.63) is 0 Å². The molecular formula is C21H46N2O2. The molecule has 0 fully saturated rings. The van der Waals surface area contributed by atoms with E-state index < -0.39 is 5.97 Å². The molecule has 4 heteroatoms. The van der Waals surface area contributed by atoms with Gasteiger partial charge >= 0.3 is 5.97 Å². The van der Waals surface area contributed by atoms with E-state index in [1.807, 2.05) is 0 Å². The molecule has 0 unspecified atom stereocenters. The molecule has 0 aliphatic rings. The first-order chi connectivity index (χ1) is 12.2. The second-order valence-corrected chi connectivity index (χ2v) is 7.05. The number of carboxylic acids is 1. The number of aliphatic carboxylic acids is 1. The summed E-state index contributed by atoms with van der Waals surface area (Å²) in [6.45, 7) is 5.26. The average Bonchev–Trinajstić information content (AvgIpc) is 2.59. The van der Waals surface area contributed by atoms with Crippen LogP contribution in [0.25, 0.3) is 0 Å². The first-order valence-electron chi connectivity index (χ1n) is 10.8. The number of nitrogens with one attached hydrogen (secondary N) is 1. The standard InChI is InChI=1S/C18H36O2.C3H10N2/c1-2-3-4-5-6-7-8-9-10-11-12-13-14-15-16-17-18(19)20;1-2-3-5-4/h2-17H2,1H3,(H,19,20);5H,2-4H2,1H3. The van der Waals surface area contributed by atoms with Gasteiger partial charge in [0, 0.05) is 13.0 Å². The van der Waals surface area contributed by atoms with Crippen LogP contribution >= 0.6 is 0 Å². The molecule has 0 saturated heterocycles. The van der Waals surface area contributed by atoms with Crippen LogP contribution in [0.5, 0.6) is 0 Å². The number of hydrogen-bond acceptors (Lipinski definition) is 3. The molecule has 0 radical (unpaired) electrons. The van der Waals surface area contributed by atoms with Crippen molar-refractivity contribution in [3.8, 4) is 0 Å². The fourth-order valence-electron chi connectivity index (χ4n) is 2.79. The fraction of sp³-hybridized carbons (Fsp3) is 0.952. The number of rotatable bonds is 18. The van der Waals surface area contributed by atoms with Crippen molar-refractivity contribution in [3.63, 3.8) is 0 Å². The van der Waals surface area contributed by atoms with Crippen LogP contribution in [0.15, 0.2) is 0 Å². The Bertz CT molecular complexity index is 246. The summed E-state index contributed by atoms with van der Waals surface area (Å²) in [5.41, 5.74) is 2.52. The number of unbranched alkanes of at least 4 members (excludes halogenated alkanes) is 14. The second-order valence-electron chi connectivity index (χ2n) is 7.05. The highest BCUT2D eigenvalue weighted by molar-refractivity contribution is 5.66. The van der Waals surface area contributed by atoms with Crippen molar-refractivity contribution in [1.29, 1.82) is 0 Å². The van der Waals surface area contributed by atoms with Crippen LogP contribution in [0.3, 0.4) is 0 Å². The molecule has 0 aliphatic carbocycles. The van der Waals surface area contributed by atoms with Gasteiger partial charge in [0.1, 0.15) is 0 Å². The highest BCUT2D eigenvalue weighted by atomic mass is 16.4. The van der Waals surface area contributed by atoms with Crippen molar-refractivity contribution < 1.29 is 9.90 Å². The Labute approximate surface area is 157 Å². The molecule has 4 nitrogen and oxygen atoms in total. The van der Waals surface area contributed by atoms with E-state index in [2.05, 4.69) is 19.3 Å². The summed E-state index contributed by atoms with van der Waals surface area (Å²) >= 11 is 0. The normalized spacial score (nSPS) is 10.4. The lowest BCUT2D eigenvalue weighted by molar-refractivity contribution is -0.137. The zero-order valence-electron chi connectivity index (χ0n) is 17.2. The van der Waals surface area contributed by atoms with Gasteiger partial charge in [0.2, 0.25) is 0 Å². The van der Waals surface area contributed by atoms with Gasteiger partial charge in [0.05, 0.1) is 0 Å². The Morgan fingerprint density at radius 3 is 1.28 bits per heavy atom. The van der Waals surface area contributed by atoms with E-state index in [4.69, 9.17) is 10.9 Å². The molecule has 0 aromatic rings. The molecule has 0 amide bonds. The lowest BCUT2D eigenvalue weighted by atomic mass is 10.0. The third kappa shape index (κ3) is 31.6. The maximum absolute atomic E-state index is 10.3. The van der Waals surface area contributed by atoms with Crippen molar-refractivity contribution >= 4 is 5.97 Å². The molecule has 0 rings (SSSR count). The minimum atomic E-state index is -0.653. The molecule has 0 spiro atoms. The SMILES string of the molecule is CCCCCCCCCCCCCCCCCC(=O)O.CCCNN. The highest BCUT2D eigenvalue weighted by Crippen LogP contribution is 2.13. The van der Waals surface area contributed by atoms with Gasteiger partial charge in [0.15, 0.2) is 0 Å². The third-order valence-corrected chi connectivity index (χ3v) is 4.39.